The van der Waals surface area contributed by atoms with Crippen LogP contribution in [0.4, 0.5) is 0 Å². The van der Waals surface area contributed by atoms with Gasteiger partial charge in [-0.3, -0.25) is 4.98 Å². The molecule has 6 heteroatoms. The van der Waals surface area contributed by atoms with Crippen LogP contribution in [0.15, 0.2) is 54.7 Å². The summed E-state index contributed by atoms with van der Waals surface area (Å²) in [6, 6.07) is 14.4. The van der Waals surface area contributed by atoms with Crippen LogP contribution >= 0.6 is 11.6 Å². The lowest BCUT2D eigenvalue weighted by molar-refractivity contribution is -0.151. The molecule has 0 saturated carbocycles. The topological polar surface area (TPSA) is 57.7 Å². The second-order valence-corrected chi connectivity index (χ2v) is 6.45. The van der Waals surface area contributed by atoms with Gasteiger partial charge >= 0.3 is 5.97 Å². The van der Waals surface area contributed by atoms with Crippen molar-refractivity contribution < 1.29 is 19.0 Å². The lowest BCUT2D eigenvalue weighted by Gasteiger charge is -2.14. The normalized spacial score (nSPS) is 11.8. The summed E-state index contributed by atoms with van der Waals surface area (Å²) in [7, 11) is 0. The summed E-state index contributed by atoms with van der Waals surface area (Å²) in [6.45, 7) is 4.00. The lowest BCUT2D eigenvalue weighted by Crippen LogP contribution is -2.26. The van der Waals surface area contributed by atoms with E-state index in [1.807, 2.05) is 25.1 Å². The van der Waals surface area contributed by atoms with Crippen molar-refractivity contribution in [2.24, 2.45) is 0 Å². The number of benzene rings is 2. The lowest BCUT2D eigenvalue weighted by atomic mass is 10.2. The molecule has 0 aliphatic carbocycles. The number of esters is 1. The first-order valence-corrected chi connectivity index (χ1v) is 9.09. The molecular weight excluding hydrogens is 366 g/mol. The molecule has 3 aromatic rings. The van der Waals surface area contributed by atoms with Gasteiger partial charge in [0, 0.05) is 10.4 Å². The van der Waals surface area contributed by atoms with E-state index < -0.39 is 6.10 Å². The number of carbonyl (C=O) groups is 1. The molecule has 27 heavy (non-hydrogen) atoms. The number of carbonyl (C=O) groups excluding carboxylic acids is 1. The highest BCUT2D eigenvalue weighted by Crippen LogP contribution is 2.27. The molecule has 0 saturated heterocycles. The summed E-state index contributed by atoms with van der Waals surface area (Å²) in [5, 5.41) is 1.59. The Morgan fingerprint density at radius 1 is 1.07 bits per heavy atom. The maximum absolute atomic E-state index is 11.8. The molecule has 0 fully saturated rings. The minimum Gasteiger partial charge on any atom is -0.479 e. The predicted octanol–water partition coefficient (Wildman–Crippen LogP) is 5.40. The van der Waals surface area contributed by atoms with E-state index in [1.54, 1.807) is 43.5 Å². The first-order chi connectivity index (χ1) is 13.0. The van der Waals surface area contributed by atoms with Crippen molar-refractivity contribution in [3.05, 3.63) is 59.8 Å². The van der Waals surface area contributed by atoms with E-state index in [0.717, 1.165) is 17.3 Å². The highest BCUT2D eigenvalue weighted by Gasteiger charge is 2.16. The molecule has 1 atom stereocenters. The molecule has 1 heterocycles. The highest BCUT2D eigenvalue weighted by atomic mass is 35.5. The standard InChI is InChI=1S/C21H20ClNO4/c1-3-10-25-21(24)14(2)26-17-6-8-18(9-7-17)27-19-11-15-4-5-16(22)12-20(15)23-13-19/h4-9,11-14H,3,10H2,1-2H3. The van der Waals surface area contributed by atoms with Crippen molar-refractivity contribution in [1.82, 2.24) is 4.98 Å². The molecule has 1 aromatic heterocycles. The minimum absolute atomic E-state index is 0.375. The van der Waals surface area contributed by atoms with Crippen LogP contribution in [-0.2, 0) is 9.53 Å². The summed E-state index contributed by atoms with van der Waals surface area (Å²) in [5.74, 6) is 1.45. The number of fused-ring (bicyclic) bond motifs is 1. The summed E-state index contributed by atoms with van der Waals surface area (Å²) in [4.78, 5) is 16.1. The number of ether oxygens (including phenoxy) is 3. The predicted molar refractivity (Wildman–Crippen MR) is 105 cm³/mol. The summed E-state index contributed by atoms with van der Waals surface area (Å²) < 4.78 is 16.5. The third kappa shape index (κ3) is 5.11. The first-order valence-electron chi connectivity index (χ1n) is 8.71. The molecule has 1 unspecified atom stereocenters. The van der Waals surface area contributed by atoms with E-state index in [0.29, 0.717) is 28.9 Å². The van der Waals surface area contributed by atoms with E-state index >= 15 is 0 Å². The molecule has 0 spiro atoms. The van der Waals surface area contributed by atoms with Crippen LogP contribution in [0.2, 0.25) is 5.02 Å². The Morgan fingerprint density at radius 2 is 1.81 bits per heavy atom. The Bertz CT molecular complexity index is 927. The molecule has 0 bridgehead atoms. The monoisotopic (exact) mass is 385 g/mol. The molecular formula is C21H20ClNO4. The zero-order valence-corrected chi connectivity index (χ0v) is 15.9. The van der Waals surface area contributed by atoms with Crippen molar-refractivity contribution >= 4 is 28.5 Å². The molecule has 0 radical (unpaired) electrons. The number of rotatable bonds is 7. The Hall–Kier alpha value is -2.79. The van der Waals surface area contributed by atoms with Gasteiger partial charge in [0.25, 0.3) is 0 Å². The van der Waals surface area contributed by atoms with Gasteiger partial charge in [0.15, 0.2) is 6.10 Å². The van der Waals surface area contributed by atoms with E-state index in [2.05, 4.69) is 4.98 Å². The molecule has 0 aliphatic rings. The zero-order chi connectivity index (χ0) is 19.2. The largest absolute Gasteiger partial charge is 0.479 e. The maximum atomic E-state index is 11.8. The van der Waals surface area contributed by atoms with Gasteiger partial charge in [-0.2, -0.15) is 0 Å². The molecule has 3 rings (SSSR count). The number of hydrogen-bond acceptors (Lipinski definition) is 5. The fourth-order valence-corrected chi connectivity index (χ4v) is 2.59. The van der Waals surface area contributed by atoms with Crippen LogP contribution in [0.25, 0.3) is 10.9 Å². The number of halogens is 1. The Labute approximate surface area is 162 Å². The van der Waals surface area contributed by atoms with Crippen LogP contribution in [0.3, 0.4) is 0 Å². The van der Waals surface area contributed by atoms with Crippen molar-refractivity contribution in [3.8, 4) is 17.2 Å². The van der Waals surface area contributed by atoms with Crippen LogP contribution in [-0.4, -0.2) is 23.7 Å². The Morgan fingerprint density at radius 3 is 2.56 bits per heavy atom. The summed E-state index contributed by atoms with van der Waals surface area (Å²) >= 11 is 5.97. The molecule has 0 amide bonds. The van der Waals surface area contributed by atoms with Crippen LogP contribution in [0.5, 0.6) is 17.2 Å². The van der Waals surface area contributed by atoms with Gasteiger partial charge in [-0.25, -0.2) is 4.79 Å². The fourth-order valence-electron chi connectivity index (χ4n) is 2.42. The third-order valence-electron chi connectivity index (χ3n) is 3.77. The van der Waals surface area contributed by atoms with Gasteiger partial charge in [-0.1, -0.05) is 24.6 Å². The van der Waals surface area contributed by atoms with Gasteiger partial charge < -0.3 is 14.2 Å². The van der Waals surface area contributed by atoms with Crippen LogP contribution in [0.1, 0.15) is 20.3 Å². The third-order valence-corrected chi connectivity index (χ3v) is 4.01. The quantitative estimate of drug-likeness (QED) is 0.509. The summed E-state index contributed by atoms with van der Waals surface area (Å²) in [5.41, 5.74) is 0.808. The molecule has 5 nitrogen and oxygen atoms in total. The fraction of sp³-hybridized carbons (Fsp3) is 0.238. The number of nitrogens with zero attached hydrogens (tertiary/aromatic N) is 1. The number of aromatic nitrogens is 1. The van der Waals surface area contributed by atoms with Gasteiger partial charge in [0.2, 0.25) is 0 Å². The van der Waals surface area contributed by atoms with E-state index in [4.69, 9.17) is 25.8 Å². The van der Waals surface area contributed by atoms with Gasteiger partial charge in [0.05, 0.1) is 18.3 Å². The number of pyridine rings is 1. The Kier molecular flexibility index (Phi) is 6.14. The second-order valence-electron chi connectivity index (χ2n) is 6.01. The van der Waals surface area contributed by atoms with Crippen LogP contribution < -0.4 is 9.47 Å². The van der Waals surface area contributed by atoms with E-state index in [-0.39, 0.29) is 5.97 Å². The van der Waals surface area contributed by atoms with Crippen molar-refractivity contribution in [2.75, 3.05) is 6.61 Å². The summed E-state index contributed by atoms with van der Waals surface area (Å²) in [6.07, 6.45) is 1.76. The van der Waals surface area contributed by atoms with Gasteiger partial charge in [0.1, 0.15) is 17.2 Å². The second kappa shape index (κ2) is 8.73. The van der Waals surface area contributed by atoms with Crippen LogP contribution in [0, 0.1) is 0 Å². The first kappa shape index (κ1) is 19.0. The maximum Gasteiger partial charge on any atom is 0.347 e. The van der Waals surface area contributed by atoms with Gasteiger partial charge in [-0.15, -0.1) is 0 Å². The number of hydrogen-bond donors (Lipinski definition) is 0. The molecule has 0 N–H and O–H groups in total. The van der Waals surface area contributed by atoms with E-state index in [9.17, 15) is 4.79 Å². The van der Waals surface area contributed by atoms with Crippen molar-refractivity contribution in [3.63, 3.8) is 0 Å². The minimum atomic E-state index is -0.667. The highest BCUT2D eigenvalue weighted by molar-refractivity contribution is 6.31. The SMILES string of the molecule is CCCOC(=O)C(C)Oc1ccc(Oc2cnc3cc(Cl)ccc3c2)cc1. The van der Waals surface area contributed by atoms with Gasteiger partial charge in [-0.05, 0) is 55.8 Å². The average molecular weight is 386 g/mol. The smallest absolute Gasteiger partial charge is 0.347 e. The van der Waals surface area contributed by atoms with Crippen molar-refractivity contribution in [2.45, 2.75) is 26.4 Å². The van der Waals surface area contributed by atoms with Crippen molar-refractivity contribution in [1.29, 1.82) is 0 Å². The molecule has 140 valence electrons. The zero-order valence-electron chi connectivity index (χ0n) is 15.1. The Balaban J connectivity index is 1.63. The average Bonchev–Trinajstić information content (AvgIpc) is 2.67. The molecule has 2 aromatic carbocycles. The molecule has 0 aliphatic heterocycles. The van der Waals surface area contributed by atoms with E-state index in [1.165, 1.54) is 0 Å².